The maximum absolute atomic E-state index is 12.9. The Hall–Kier alpha value is -2.69. The number of rotatable bonds is 6. The first-order chi connectivity index (χ1) is 14.1. The molecule has 0 bridgehead atoms. The van der Waals surface area contributed by atoms with Crippen LogP contribution in [-0.2, 0) is 18.4 Å². The molecule has 1 saturated carbocycles. The average molecular weight is 435 g/mol. The highest BCUT2D eigenvalue weighted by molar-refractivity contribution is 8.00. The number of imide groups is 1. The molecule has 1 atom stereocenters. The van der Waals surface area contributed by atoms with E-state index in [0.717, 1.165) is 29.2 Å². The van der Waals surface area contributed by atoms with E-state index in [9.17, 15) is 19.2 Å². The summed E-state index contributed by atoms with van der Waals surface area (Å²) in [5.41, 5.74) is -0.708. The SMILES string of the molecule is Cc1nc(S[C@@H](C)C(=O)NC(=O)NC2CC2)c2c(=O)n(C)c(=O)n(CC(C)C)c2n1. The molecule has 0 radical (unpaired) electrons. The zero-order valence-corrected chi connectivity index (χ0v) is 18.5. The first-order valence-electron chi connectivity index (χ1n) is 9.84. The van der Waals surface area contributed by atoms with Crippen LogP contribution in [0.25, 0.3) is 11.0 Å². The van der Waals surface area contributed by atoms with Gasteiger partial charge < -0.3 is 5.32 Å². The lowest BCUT2D eigenvalue weighted by Gasteiger charge is -2.16. The number of hydrogen-bond donors (Lipinski definition) is 2. The van der Waals surface area contributed by atoms with Gasteiger partial charge in [0.25, 0.3) is 5.56 Å². The quantitative estimate of drug-likeness (QED) is 0.511. The minimum atomic E-state index is -0.692. The van der Waals surface area contributed by atoms with Crippen molar-refractivity contribution in [2.45, 2.75) is 63.4 Å². The lowest BCUT2D eigenvalue weighted by Crippen LogP contribution is -2.43. The maximum atomic E-state index is 12.9. The molecule has 0 unspecified atom stereocenters. The third-order valence-electron chi connectivity index (χ3n) is 4.62. The maximum Gasteiger partial charge on any atom is 0.332 e. The molecule has 162 valence electrons. The van der Waals surface area contributed by atoms with Gasteiger partial charge in [-0.3, -0.25) is 24.0 Å². The molecule has 11 heteroatoms. The summed E-state index contributed by atoms with van der Waals surface area (Å²) in [6.45, 7) is 7.61. The molecule has 0 aliphatic heterocycles. The fourth-order valence-electron chi connectivity index (χ4n) is 2.94. The number of carbonyl (C=O) groups is 2. The van der Waals surface area contributed by atoms with E-state index in [-0.39, 0.29) is 23.0 Å². The number of amides is 3. The van der Waals surface area contributed by atoms with Gasteiger partial charge in [0, 0.05) is 19.6 Å². The predicted octanol–water partition coefficient (Wildman–Crippen LogP) is 0.923. The van der Waals surface area contributed by atoms with E-state index in [1.165, 1.54) is 11.6 Å². The monoisotopic (exact) mass is 434 g/mol. The summed E-state index contributed by atoms with van der Waals surface area (Å²) in [6, 6.07) is -0.393. The van der Waals surface area contributed by atoms with E-state index in [1.807, 2.05) is 13.8 Å². The molecule has 3 amide bonds. The molecule has 1 fully saturated rings. The van der Waals surface area contributed by atoms with E-state index in [0.29, 0.717) is 17.4 Å². The van der Waals surface area contributed by atoms with Crippen molar-refractivity contribution in [2.24, 2.45) is 13.0 Å². The van der Waals surface area contributed by atoms with Crippen molar-refractivity contribution in [1.82, 2.24) is 29.7 Å². The van der Waals surface area contributed by atoms with Crippen LogP contribution in [0.4, 0.5) is 4.79 Å². The van der Waals surface area contributed by atoms with Crippen LogP contribution in [0.3, 0.4) is 0 Å². The Morgan fingerprint density at radius 2 is 1.87 bits per heavy atom. The first kappa shape index (κ1) is 22.0. The van der Waals surface area contributed by atoms with Crippen molar-refractivity contribution in [2.75, 3.05) is 0 Å². The Kier molecular flexibility index (Phi) is 6.30. The highest BCUT2D eigenvalue weighted by Gasteiger charge is 2.26. The van der Waals surface area contributed by atoms with Crippen LogP contribution in [-0.4, -0.2) is 42.3 Å². The van der Waals surface area contributed by atoms with E-state index in [4.69, 9.17) is 0 Å². The highest BCUT2D eigenvalue weighted by Crippen LogP contribution is 2.26. The number of urea groups is 1. The van der Waals surface area contributed by atoms with E-state index < -0.39 is 28.4 Å². The molecule has 30 heavy (non-hydrogen) atoms. The third kappa shape index (κ3) is 4.72. The number of fused-ring (bicyclic) bond motifs is 1. The first-order valence-corrected chi connectivity index (χ1v) is 10.7. The highest BCUT2D eigenvalue weighted by atomic mass is 32.2. The van der Waals surface area contributed by atoms with Gasteiger partial charge in [-0.1, -0.05) is 25.6 Å². The second-order valence-electron chi connectivity index (χ2n) is 7.92. The molecule has 0 aromatic carbocycles. The van der Waals surface area contributed by atoms with Gasteiger partial charge in [0.1, 0.15) is 16.2 Å². The largest absolute Gasteiger partial charge is 0.335 e. The lowest BCUT2D eigenvalue weighted by molar-refractivity contribution is -0.119. The number of nitrogens with one attached hydrogen (secondary N) is 2. The molecule has 3 rings (SSSR count). The van der Waals surface area contributed by atoms with Gasteiger partial charge >= 0.3 is 11.7 Å². The topological polar surface area (TPSA) is 128 Å². The predicted molar refractivity (Wildman–Crippen MR) is 114 cm³/mol. The zero-order chi connectivity index (χ0) is 22.2. The second kappa shape index (κ2) is 8.58. The Morgan fingerprint density at radius 3 is 2.47 bits per heavy atom. The van der Waals surface area contributed by atoms with Gasteiger partial charge in [-0.05, 0) is 32.6 Å². The molecule has 1 aliphatic carbocycles. The van der Waals surface area contributed by atoms with Crippen molar-refractivity contribution in [3.05, 3.63) is 26.7 Å². The standard InChI is InChI=1S/C19H26N6O4S/c1-9(2)8-25-14-13(17(27)24(5)19(25)29)16(21-11(4)20-14)30-10(3)15(26)23-18(28)22-12-6-7-12/h9-10,12H,6-8H2,1-5H3,(H2,22,23,26,28)/t10-/m0/s1. The van der Waals surface area contributed by atoms with Gasteiger partial charge in [0.15, 0.2) is 5.65 Å². The summed E-state index contributed by atoms with van der Waals surface area (Å²) in [5.74, 6) is 0.0496. The molecule has 2 aromatic heterocycles. The molecule has 1 aliphatic rings. The van der Waals surface area contributed by atoms with Gasteiger partial charge in [-0.15, -0.1) is 0 Å². The summed E-state index contributed by atoms with van der Waals surface area (Å²) >= 11 is 1.06. The van der Waals surface area contributed by atoms with Crippen LogP contribution in [0.1, 0.15) is 39.4 Å². The summed E-state index contributed by atoms with van der Waals surface area (Å²) in [6.07, 6.45) is 1.83. The number of aromatic nitrogens is 4. The molecule has 2 heterocycles. The Bertz CT molecular complexity index is 1120. The van der Waals surface area contributed by atoms with Gasteiger partial charge in [-0.2, -0.15) is 0 Å². The van der Waals surface area contributed by atoms with E-state index in [1.54, 1.807) is 13.8 Å². The van der Waals surface area contributed by atoms with Gasteiger partial charge in [-0.25, -0.2) is 19.6 Å². The van der Waals surface area contributed by atoms with Crippen molar-refractivity contribution >= 4 is 34.7 Å². The Labute approximate surface area is 177 Å². The zero-order valence-electron chi connectivity index (χ0n) is 17.7. The molecule has 2 aromatic rings. The van der Waals surface area contributed by atoms with Crippen molar-refractivity contribution in [3.8, 4) is 0 Å². The smallest absolute Gasteiger partial charge is 0.332 e. The lowest BCUT2D eigenvalue weighted by atomic mass is 10.2. The molecule has 0 saturated heterocycles. The summed E-state index contributed by atoms with van der Waals surface area (Å²) < 4.78 is 2.50. The van der Waals surface area contributed by atoms with E-state index >= 15 is 0 Å². The molecule has 0 spiro atoms. The van der Waals surface area contributed by atoms with Gasteiger partial charge in [0.2, 0.25) is 5.91 Å². The minimum absolute atomic E-state index is 0.134. The van der Waals surface area contributed by atoms with Crippen molar-refractivity contribution in [1.29, 1.82) is 0 Å². The normalized spacial score (nSPS) is 14.7. The molecular weight excluding hydrogens is 408 g/mol. The van der Waals surface area contributed by atoms with Crippen LogP contribution < -0.4 is 21.9 Å². The summed E-state index contributed by atoms with van der Waals surface area (Å²) in [5, 5.41) is 4.81. The van der Waals surface area contributed by atoms with Crippen LogP contribution in [0, 0.1) is 12.8 Å². The average Bonchev–Trinajstić information content (AvgIpc) is 3.46. The Morgan fingerprint density at radius 1 is 1.20 bits per heavy atom. The van der Waals surface area contributed by atoms with Crippen molar-refractivity contribution < 1.29 is 9.59 Å². The molecule has 10 nitrogen and oxygen atoms in total. The second-order valence-corrected chi connectivity index (χ2v) is 9.25. The number of carbonyl (C=O) groups excluding carboxylic acids is 2. The summed E-state index contributed by atoms with van der Waals surface area (Å²) in [4.78, 5) is 58.5. The number of nitrogens with zero attached hydrogens (tertiary/aromatic N) is 4. The summed E-state index contributed by atoms with van der Waals surface area (Å²) in [7, 11) is 1.41. The third-order valence-corrected chi connectivity index (χ3v) is 5.70. The van der Waals surface area contributed by atoms with Crippen LogP contribution in [0.15, 0.2) is 14.6 Å². The Balaban J connectivity index is 1.98. The molecule has 2 N–H and O–H groups in total. The van der Waals surface area contributed by atoms with Gasteiger partial charge in [0.05, 0.1) is 5.25 Å². The van der Waals surface area contributed by atoms with E-state index in [2.05, 4.69) is 20.6 Å². The fourth-order valence-corrected chi connectivity index (χ4v) is 3.92. The number of hydrogen-bond acceptors (Lipinski definition) is 7. The van der Waals surface area contributed by atoms with Crippen molar-refractivity contribution in [3.63, 3.8) is 0 Å². The number of thioether (sulfide) groups is 1. The van der Waals surface area contributed by atoms with Crippen LogP contribution >= 0.6 is 11.8 Å². The fraction of sp³-hybridized carbons (Fsp3) is 0.579. The number of aryl methyl sites for hydroxylation is 1. The van der Waals surface area contributed by atoms with Crippen LogP contribution in [0.5, 0.6) is 0 Å². The minimum Gasteiger partial charge on any atom is -0.335 e. The molecular formula is C19H26N6O4S. The van der Waals surface area contributed by atoms with Crippen LogP contribution in [0.2, 0.25) is 0 Å².